The number of aliphatic hydroxyl groups excluding tert-OH is 1. The molecule has 2 aromatic rings. The molecule has 0 aliphatic carbocycles. The fraction of sp³-hybridized carbons (Fsp3) is 0.318. The van der Waals surface area contributed by atoms with Crippen LogP contribution in [0.25, 0.3) is 5.76 Å². The standard InChI is InChI=1S/C22H24ClN3O4/c1-25(2)11-4-12-26-19(14-7-9-24-10-8-14)18(21(28)22(26)29)20(27)16-13-15(23)5-6-17(16)30-3/h5-10,13,19,27H,4,11-12H2,1-3H3. The Morgan fingerprint density at radius 1 is 1.23 bits per heavy atom. The Morgan fingerprint density at radius 3 is 2.57 bits per heavy atom. The van der Waals surface area contributed by atoms with Crippen molar-refractivity contribution in [3.05, 3.63) is 64.4 Å². The first-order valence-corrected chi connectivity index (χ1v) is 9.90. The molecule has 0 spiro atoms. The van der Waals surface area contributed by atoms with Crippen molar-refractivity contribution in [2.24, 2.45) is 0 Å². The Bertz CT molecular complexity index is 976. The van der Waals surface area contributed by atoms with Crippen LogP contribution in [0.3, 0.4) is 0 Å². The van der Waals surface area contributed by atoms with E-state index in [1.165, 1.54) is 18.1 Å². The molecule has 1 amide bonds. The van der Waals surface area contributed by atoms with Crippen molar-refractivity contribution < 1.29 is 19.4 Å². The van der Waals surface area contributed by atoms with Gasteiger partial charge in [-0.2, -0.15) is 0 Å². The van der Waals surface area contributed by atoms with E-state index in [-0.39, 0.29) is 16.9 Å². The number of carbonyl (C=O) groups excluding carboxylic acids is 2. The minimum absolute atomic E-state index is 0.0108. The molecule has 158 valence electrons. The van der Waals surface area contributed by atoms with E-state index in [4.69, 9.17) is 16.3 Å². The maximum absolute atomic E-state index is 13.0. The lowest BCUT2D eigenvalue weighted by molar-refractivity contribution is -0.139. The number of aliphatic hydroxyl groups is 1. The van der Waals surface area contributed by atoms with Crippen LogP contribution in [0.1, 0.15) is 23.6 Å². The van der Waals surface area contributed by atoms with Gasteiger partial charge in [-0.3, -0.25) is 14.6 Å². The van der Waals surface area contributed by atoms with Crippen LogP contribution in [0, 0.1) is 0 Å². The van der Waals surface area contributed by atoms with Crippen molar-refractivity contribution in [2.75, 3.05) is 34.3 Å². The van der Waals surface area contributed by atoms with Gasteiger partial charge in [-0.25, -0.2) is 0 Å². The fourth-order valence-corrected chi connectivity index (χ4v) is 3.74. The van der Waals surface area contributed by atoms with Crippen LogP contribution < -0.4 is 4.74 Å². The molecule has 1 atom stereocenters. The van der Waals surface area contributed by atoms with E-state index < -0.39 is 17.7 Å². The molecule has 1 aromatic carbocycles. The molecule has 7 nitrogen and oxygen atoms in total. The number of amides is 1. The van der Waals surface area contributed by atoms with E-state index in [1.807, 2.05) is 19.0 Å². The molecule has 1 aliphatic heterocycles. The molecule has 1 aromatic heterocycles. The van der Waals surface area contributed by atoms with Gasteiger partial charge in [0.15, 0.2) is 0 Å². The number of pyridine rings is 1. The van der Waals surface area contributed by atoms with E-state index in [2.05, 4.69) is 4.98 Å². The SMILES string of the molecule is COc1ccc(Cl)cc1C(O)=C1C(=O)C(=O)N(CCCN(C)C)C1c1ccncc1. The summed E-state index contributed by atoms with van der Waals surface area (Å²) in [4.78, 5) is 33.4. The number of Topliss-reactive ketones (excluding diaryl/α,β-unsaturated/α-hetero) is 1. The summed E-state index contributed by atoms with van der Waals surface area (Å²) in [5.41, 5.74) is 0.962. The van der Waals surface area contributed by atoms with E-state index in [9.17, 15) is 14.7 Å². The zero-order valence-electron chi connectivity index (χ0n) is 17.1. The van der Waals surface area contributed by atoms with Gasteiger partial charge >= 0.3 is 0 Å². The van der Waals surface area contributed by atoms with Crippen molar-refractivity contribution in [3.8, 4) is 5.75 Å². The van der Waals surface area contributed by atoms with Gasteiger partial charge < -0.3 is 19.6 Å². The van der Waals surface area contributed by atoms with Gasteiger partial charge in [-0.1, -0.05) is 11.6 Å². The molecule has 1 aliphatic rings. The summed E-state index contributed by atoms with van der Waals surface area (Å²) in [6.07, 6.45) is 3.87. The molecule has 0 saturated carbocycles. The lowest BCUT2D eigenvalue weighted by Gasteiger charge is -2.26. The molecule has 2 heterocycles. The number of hydrogen-bond donors (Lipinski definition) is 1. The highest BCUT2D eigenvalue weighted by Gasteiger charge is 2.46. The molecule has 0 bridgehead atoms. The van der Waals surface area contributed by atoms with Crippen molar-refractivity contribution in [3.63, 3.8) is 0 Å². The van der Waals surface area contributed by atoms with E-state index >= 15 is 0 Å². The zero-order chi connectivity index (χ0) is 21.8. The summed E-state index contributed by atoms with van der Waals surface area (Å²) in [5.74, 6) is -1.34. The van der Waals surface area contributed by atoms with Crippen LogP contribution in [-0.2, 0) is 9.59 Å². The molecular formula is C22H24ClN3O4. The zero-order valence-corrected chi connectivity index (χ0v) is 17.9. The normalized spacial score (nSPS) is 18.3. The second kappa shape index (κ2) is 9.28. The van der Waals surface area contributed by atoms with Gasteiger partial charge in [-0.05, 0) is 63.0 Å². The van der Waals surface area contributed by atoms with Gasteiger partial charge in [-0.15, -0.1) is 0 Å². The van der Waals surface area contributed by atoms with E-state index in [0.717, 1.165) is 6.54 Å². The van der Waals surface area contributed by atoms with E-state index in [1.54, 1.807) is 36.7 Å². The maximum atomic E-state index is 13.0. The summed E-state index contributed by atoms with van der Waals surface area (Å²) >= 11 is 6.11. The fourth-order valence-electron chi connectivity index (χ4n) is 3.57. The van der Waals surface area contributed by atoms with Crippen molar-refractivity contribution in [1.29, 1.82) is 0 Å². The molecule has 1 N–H and O–H groups in total. The number of halogens is 1. The van der Waals surface area contributed by atoms with Crippen LogP contribution in [0.2, 0.25) is 5.02 Å². The largest absolute Gasteiger partial charge is 0.507 e. The molecule has 8 heteroatoms. The first-order valence-electron chi connectivity index (χ1n) is 9.52. The molecule has 1 fully saturated rings. The Labute approximate surface area is 180 Å². The number of ether oxygens (including phenoxy) is 1. The van der Waals surface area contributed by atoms with Crippen molar-refractivity contribution >= 4 is 29.1 Å². The number of ketones is 1. The number of aromatic nitrogens is 1. The van der Waals surface area contributed by atoms with Crippen LogP contribution in [0.15, 0.2) is 48.3 Å². The molecule has 30 heavy (non-hydrogen) atoms. The van der Waals surface area contributed by atoms with Gasteiger partial charge in [0.1, 0.15) is 11.5 Å². The third-order valence-corrected chi connectivity index (χ3v) is 5.22. The number of rotatable bonds is 7. The third-order valence-electron chi connectivity index (χ3n) is 4.98. The Morgan fingerprint density at radius 2 is 1.93 bits per heavy atom. The maximum Gasteiger partial charge on any atom is 0.295 e. The average Bonchev–Trinajstić information content (AvgIpc) is 2.98. The number of carbonyl (C=O) groups is 2. The lowest BCUT2D eigenvalue weighted by Crippen LogP contribution is -2.32. The molecule has 1 saturated heterocycles. The van der Waals surface area contributed by atoms with Gasteiger partial charge in [0.25, 0.3) is 11.7 Å². The summed E-state index contributed by atoms with van der Waals surface area (Å²) in [7, 11) is 5.35. The summed E-state index contributed by atoms with van der Waals surface area (Å²) in [6, 6.07) is 7.48. The Hall–Kier alpha value is -2.90. The summed E-state index contributed by atoms with van der Waals surface area (Å²) in [5, 5.41) is 11.5. The number of likely N-dealkylation sites (tertiary alicyclic amines) is 1. The smallest absolute Gasteiger partial charge is 0.295 e. The van der Waals surface area contributed by atoms with Crippen LogP contribution in [0.4, 0.5) is 0 Å². The monoisotopic (exact) mass is 429 g/mol. The molecule has 3 rings (SSSR count). The quantitative estimate of drug-likeness (QED) is 0.413. The second-order valence-electron chi connectivity index (χ2n) is 7.27. The highest BCUT2D eigenvalue weighted by molar-refractivity contribution is 6.46. The molecule has 0 radical (unpaired) electrons. The van der Waals surface area contributed by atoms with Gasteiger partial charge in [0.05, 0.1) is 24.3 Å². The number of nitrogens with zero attached hydrogens (tertiary/aromatic N) is 3. The topological polar surface area (TPSA) is 83.0 Å². The minimum atomic E-state index is -0.735. The Balaban J connectivity index is 2.13. The van der Waals surface area contributed by atoms with Crippen LogP contribution in [0.5, 0.6) is 5.75 Å². The number of benzene rings is 1. The summed E-state index contributed by atoms with van der Waals surface area (Å²) < 4.78 is 5.32. The minimum Gasteiger partial charge on any atom is -0.507 e. The first-order chi connectivity index (χ1) is 14.3. The summed E-state index contributed by atoms with van der Waals surface area (Å²) in [6.45, 7) is 1.13. The molecular weight excluding hydrogens is 406 g/mol. The second-order valence-corrected chi connectivity index (χ2v) is 7.71. The highest BCUT2D eigenvalue weighted by atomic mass is 35.5. The van der Waals surface area contributed by atoms with Gasteiger partial charge in [0, 0.05) is 24.0 Å². The highest BCUT2D eigenvalue weighted by Crippen LogP contribution is 2.41. The van der Waals surface area contributed by atoms with E-state index in [0.29, 0.717) is 29.3 Å². The predicted octanol–water partition coefficient (Wildman–Crippen LogP) is 3.12. The van der Waals surface area contributed by atoms with Crippen molar-refractivity contribution in [1.82, 2.24) is 14.8 Å². The van der Waals surface area contributed by atoms with Crippen LogP contribution >= 0.6 is 11.6 Å². The lowest BCUT2D eigenvalue weighted by atomic mass is 9.95. The first kappa shape index (κ1) is 21.8. The van der Waals surface area contributed by atoms with Crippen molar-refractivity contribution in [2.45, 2.75) is 12.5 Å². The third kappa shape index (κ3) is 4.32. The number of methoxy groups -OCH3 is 1. The van der Waals surface area contributed by atoms with Crippen LogP contribution in [-0.4, -0.2) is 65.9 Å². The Kier molecular flexibility index (Phi) is 6.74. The average molecular weight is 430 g/mol. The number of hydrogen-bond acceptors (Lipinski definition) is 6. The van der Waals surface area contributed by atoms with Gasteiger partial charge in [0.2, 0.25) is 0 Å². The molecule has 1 unspecified atom stereocenters. The predicted molar refractivity (Wildman–Crippen MR) is 114 cm³/mol.